The molecule has 1 amide bonds. The van der Waals surface area contributed by atoms with Crippen molar-refractivity contribution in [2.75, 3.05) is 13.2 Å². The summed E-state index contributed by atoms with van der Waals surface area (Å²) in [4.78, 5) is 24.3. The van der Waals surface area contributed by atoms with E-state index in [2.05, 4.69) is 0 Å². The average molecular weight is 318 g/mol. The van der Waals surface area contributed by atoms with Gasteiger partial charge in [0.25, 0.3) is 5.91 Å². The second-order valence-electron chi connectivity index (χ2n) is 4.45. The molecule has 0 bridgehead atoms. The molecule has 1 heterocycles. The Morgan fingerprint density at radius 2 is 2.15 bits per heavy atom. The number of halogens is 2. The van der Waals surface area contributed by atoms with E-state index in [1.807, 2.05) is 0 Å². The van der Waals surface area contributed by atoms with Gasteiger partial charge in [-0.05, 0) is 25.0 Å². The zero-order valence-electron chi connectivity index (χ0n) is 10.5. The minimum absolute atomic E-state index is 0.260. The number of carboxylic acid groups (broad SMARTS) is 1. The van der Waals surface area contributed by atoms with Gasteiger partial charge in [0.05, 0.1) is 5.02 Å². The van der Waals surface area contributed by atoms with E-state index in [0.29, 0.717) is 35.2 Å². The van der Waals surface area contributed by atoms with E-state index in [0.717, 1.165) is 0 Å². The maximum atomic E-state index is 12.0. The zero-order chi connectivity index (χ0) is 14.7. The van der Waals surface area contributed by atoms with Crippen molar-refractivity contribution in [3.63, 3.8) is 0 Å². The van der Waals surface area contributed by atoms with Gasteiger partial charge in [-0.2, -0.15) is 0 Å². The highest BCUT2D eigenvalue weighted by Crippen LogP contribution is 2.28. The number of amides is 1. The molecule has 1 aliphatic rings. The van der Waals surface area contributed by atoms with Crippen molar-refractivity contribution < 1.29 is 19.4 Å². The lowest BCUT2D eigenvalue weighted by Crippen LogP contribution is -2.42. The Balaban J connectivity index is 1.98. The summed E-state index contributed by atoms with van der Waals surface area (Å²) < 4.78 is 5.32. The number of rotatable bonds is 4. The second kappa shape index (κ2) is 6.33. The summed E-state index contributed by atoms with van der Waals surface area (Å²) in [6.07, 6.45) is 1.15. The molecule has 20 heavy (non-hydrogen) atoms. The van der Waals surface area contributed by atoms with Gasteiger partial charge in [-0.25, -0.2) is 4.79 Å². The van der Waals surface area contributed by atoms with Crippen LogP contribution < -0.4 is 4.74 Å². The largest absolute Gasteiger partial charge is 0.482 e. The minimum atomic E-state index is -0.989. The topological polar surface area (TPSA) is 66.8 Å². The van der Waals surface area contributed by atoms with Gasteiger partial charge in [-0.1, -0.05) is 23.2 Å². The Bertz CT molecular complexity index is 535. The molecule has 0 spiro atoms. The van der Waals surface area contributed by atoms with Crippen LogP contribution in [0.3, 0.4) is 0 Å². The smallest absolute Gasteiger partial charge is 0.326 e. The monoisotopic (exact) mass is 317 g/mol. The van der Waals surface area contributed by atoms with Crippen molar-refractivity contribution in [2.45, 2.75) is 18.9 Å². The molecular weight excluding hydrogens is 305 g/mol. The van der Waals surface area contributed by atoms with Gasteiger partial charge in [0.2, 0.25) is 0 Å². The Morgan fingerprint density at radius 1 is 1.40 bits per heavy atom. The number of likely N-dealkylation sites (tertiary alicyclic amines) is 1. The van der Waals surface area contributed by atoms with Gasteiger partial charge in [-0.3, -0.25) is 4.79 Å². The van der Waals surface area contributed by atoms with E-state index in [1.165, 1.54) is 11.0 Å². The van der Waals surface area contributed by atoms with Crippen molar-refractivity contribution in [3.05, 3.63) is 28.2 Å². The fourth-order valence-electron chi connectivity index (χ4n) is 2.13. The van der Waals surface area contributed by atoms with Crippen molar-refractivity contribution in [1.82, 2.24) is 4.90 Å². The van der Waals surface area contributed by atoms with E-state index in [4.69, 9.17) is 33.0 Å². The number of hydrogen-bond donors (Lipinski definition) is 1. The quantitative estimate of drug-likeness (QED) is 0.926. The molecule has 0 radical (unpaired) electrons. The molecule has 2 rings (SSSR count). The van der Waals surface area contributed by atoms with E-state index in [-0.39, 0.29) is 12.5 Å². The number of hydrogen-bond acceptors (Lipinski definition) is 3. The van der Waals surface area contributed by atoms with Crippen LogP contribution in [0.2, 0.25) is 10.0 Å². The van der Waals surface area contributed by atoms with E-state index in [9.17, 15) is 9.59 Å². The number of aliphatic carboxylic acids is 1. The summed E-state index contributed by atoms with van der Waals surface area (Å²) in [5.41, 5.74) is 0. The van der Waals surface area contributed by atoms with Gasteiger partial charge in [0.1, 0.15) is 11.8 Å². The van der Waals surface area contributed by atoms with Crippen molar-refractivity contribution in [1.29, 1.82) is 0 Å². The fourth-order valence-corrected chi connectivity index (χ4v) is 2.47. The molecule has 1 fully saturated rings. The number of nitrogens with zero attached hydrogens (tertiary/aromatic N) is 1. The van der Waals surface area contributed by atoms with Gasteiger partial charge in [-0.15, -0.1) is 0 Å². The summed E-state index contributed by atoms with van der Waals surface area (Å²) >= 11 is 11.7. The van der Waals surface area contributed by atoms with Crippen LogP contribution in [-0.4, -0.2) is 41.1 Å². The molecule has 5 nitrogen and oxygen atoms in total. The van der Waals surface area contributed by atoms with Crippen LogP contribution in [-0.2, 0) is 9.59 Å². The summed E-state index contributed by atoms with van der Waals surface area (Å²) in [5, 5.41) is 9.82. The molecule has 1 saturated heterocycles. The summed E-state index contributed by atoms with van der Waals surface area (Å²) in [6.45, 7) is 0.173. The Kier molecular flexibility index (Phi) is 4.73. The number of benzene rings is 1. The average Bonchev–Trinajstić information content (AvgIpc) is 2.89. The maximum Gasteiger partial charge on any atom is 0.326 e. The molecule has 1 aromatic carbocycles. The van der Waals surface area contributed by atoms with Crippen molar-refractivity contribution >= 4 is 35.1 Å². The molecular formula is C13H13Cl2NO4. The van der Waals surface area contributed by atoms with E-state index < -0.39 is 12.0 Å². The molecule has 1 N–H and O–H groups in total. The van der Waals surface area contributed by atoms with E-state index in [1.54, 1.807) is 12.1 Å². The zero-order valence-corrected chi connectivity index (χ0v) is 12.0. The number of carboxylic acids is 1. The summed E-state index contributed by atoms with van der Waals surface area (Å²) in [5.74, 6) is -1.05. The van der Waals surface area contributed by atoms with Crippen LogP contribution in [0.25, 0.3) is 0 Å². The maximum absolute atomic E-state index is 12.0. The van der Waals surface area contributed by atoms with Gasteiger partial charge < -0.3 is 14.7 Å². The molecule has 1 aromatic rings. The van der Waals surface area contributed by atoms with Crippen molar-refractivity contribution in [3.8, 4) is 5.75 Å². The molecule has 1 aliphatic heterocycles. The number of carbonyl (C=O) groups excluding carboxylic acids is 1. The first-order valence-electron chi connectivity index (χ1n) is 6.09. The molecule has 108 valence electrons. The lowest BCUT2D eigenvalue weighted by molar-refractivity contribution is -0.148. The van der Waals surface area contributed by atoms with Gasteiger partial charge in [0, 0.05) is 17.6 Å². The Hall–Kier alpha value is -1.46. The number of carbonyl (C=O) groups is 2. The third kappa shape index (κ3) is 3.35. The van der Waals surface area contributed by atoms with E-state index >= 15 is 0 Å². The predicted molar refractivity (Wildman–Crippen MR) is 74.3 cm³/mol. The first kappa shape index (κ1) is 14.9. The summed E-state index contributed by atoms with van der Waals surface area (Å²) in [7, 11) is 0. The highest BCUT2D eigenvalue weighted by atomic mass is 35.5. The second-order valence-corrected chi connectivity index (χ2v) is 5.29. The third-order valence-electron chi connectivity index (χ3n) is 3.10. The molecule has 0 aromatic heterocycles. The van der Waals surface area contributed by atoms with Crippen LogP contribution in [0.15, 0.2) is 18.2 Å². The molecule has 0 aliphatic carbocycles. The Labute approximate surface area is 126 Å². The molecule has 0 unspecified atom stereocenters. The third-order valence-corrected chi connectivity index (χ3v) is 3.65. The lowest BCUT2D eigenvalue weighted by atomic mass is 10.2. The van der Waals surface area contributed by atoms with Crippen LogP contribution in [0.4, 0.5) is 0 Å². The highest BCUT2D eigenvalue weighted by molar-refractivity contribution is 6.34. The molecule has 1 atom stereocenters. The first-order valence-corrected chi connectivity index (χ1v) is 6.85. The van der Waals surface area contributed by atoms with Gasteiger partial charge >= 0.3 is 5.97 Å². The molecule has 7 heteroatoms. The van der Waals surface area contributed by atoms with Crippen LogP contribution in [0, 0.1) is 0 Å². The lowest BCUT2D eigenvalue weighted by Gasteiger charge is -2.21. The number of ether oxygens (including phenoxy) is 1. The standard InChI is InChI=1S/C13H13Cl2NO4/c14-8-3-4-9(15)11(6-8)20-7-12(17)16-5-1-2-10(16)13(18)19/h3-4,6,10H,1-2,5,7H2,(H,18,19)/t10-/m0/s1. The highest BCUT2D eigenvalue weighted by Gasteiger charge is 2.33. The predicted octanol–water partition coefficient (Wildman–Crippen LogP) is 2.45. The first-order chi connectivity index (χ1) is 9.49. The molecule has 0 saturated carbocycles. The van der Waals surface area contributed by atoms with Gasteiger partial charge in [0.15, 0.2) is 6.61 Å². The SMILES string of the molecule is O=C(O)[C@@H]1CCCN1C(=O)COc1cc(Cl)ccc1Cl. The normalized spacial score (nSPS) is 18.1. The summed E-state index contributed by atoms with van der Waals surface area (Å²) in [6, 6.07) is 3.93. The van der Waals surface area contributed by atoms with Crippen LogP contribution in [0.5, 0.6) is 5.75 Å². The van der Waals surface area contributed by atoms with Crippen LogP contribution >= 0.6 is 23.2 Å². The Morgan fingerprint density at radius 3 is 2.85 bits per heavy atom. The fraction of sp³-hybridized carbons (Fsp3) is 0.385. The van der Waals surface area contributed by atoms with Crippen molar-refractivity contribution in [2.24, 2.45) is 0 Å². The minimum Gasteiger partial charge on any atom is -0.482 e. The van der Waals surface area contributed by atoms with Crippen LogP contribution in [0.1, 0.15) is 12.8 Å².